The van der Waals surface area contributed by atoms with Gasteiger partial charge in [-0.1, -0.05) is 0 Å². The van der Waals surface area contributed by atoms with Crippen molar-refractivity contribution in [3.8, 4) is 12.3 Å². The molecule has 1 atom stereocenters. The lowest BCUT2D eigenvalue weighted by molar-refractivity contribution is 0.674. The summed E-state index contributed by atoms with van der Waals surface area (Å²) in [5.41, 5.74) is 0.644. The van der Waals surface area contributed by atoms with E-state index in [1.165, 1.54) is 6.33 Å². The van der Waals surface area contributed by atoms with Gasteiger partial charge in [0, 0.05) is 12.2 Å². The Morgan fingerprint density at radius 1 is 1.69 bits per heavy atom. The minimum absolute atomic E-state index is 0.414. The fraction of sp³-hybridized carbons (Fsp3) is 0.375. The van der Waals surface area contributed by atoms with E-state index >= 15 is 0 Å². The van der Waals surface area contributed by atoms with Gasteiger partial charge in [-0.2, -0.15) is 0 Å². The summed E-state index contributed by atoms with van der Waals surface area (Å²) in [6.07, 6.45) is 6.86. The first kappa shape index (κ1) is 9.81. The number of aryl methyl sites for hydroxylation is 1. The van der Waals surface area contributed by atoms with Gasteiger partial charge < -0.3 is 0 Å². The van der Waals surface area contributed by atoms with Gasteiger partial charge in [-0.05, 0) is 6.92 Å². The zero-order valence-corrected chi connectivity index (χ0v) is 8.04. The average Bonchev–Trinajstić information content (AvgIpc) is 2.15. The predicted octanol–water partition coefficient (Wildman–Crippen LogP) is 0.311. The van der Waals surface area contributed by atoms with Gasteiger partial charge in [-0.15, -0.1) is 22.5 Å². The second kappa shape index (κ2) is 4.67. The van der Waals surface area contributed by atoms with Gasteiger partial charge >= 0.3 is 0 Å². The molecule has 0 aliphatic heterocycles. The summed E-state index contributed by atoms with van der Waals surface area (Å²) in [5, 5.41) is 7.75. The molecule has 1 unspecified atom stereocenters. The van der Waals surface area contributed by atoms with Crippen LogP contribution in [0.2, 0.25) is 0 Å². The number of rotatable bonds is 3. The number of hydrogen-bond acceptors (Lipinski definition) is 4. The molecule has 0 aliphatic carbocycles. The molecule has 1 aromatic heterocycles. The van der Waals surface area contributed by atoms with Gasteiger partial charge in [-0.3, -0.25) is 4.21 Å². The molecule has 0 saturated heterocycles. The van der Waals surface area contributed by atoms with Crippen molar-refractivity contribution in [1.29, 1.82) is 0 Å². The highest BCUT2D eigenvalue weighted by Crippen LogP contribution is 2.05. The van der Waals surface area contributed by atoms with Gasteiger partial charge in [0.05, 0.1) is 16.5 Å². The molecular formula is C8H9N3OS. The van der Waals surface area contributed by atoms with E-state index in [9.17, 15) is 4.21 Å². The zero-order valence-electron chi connectivity index (χ0n) is 7.23. The molecule has 0 spiro atoms. The predicted molar refractivity (Wildman–Crippen MR) is 49.3 cm³/mol. The standard InChI is InChI=1S/C8H9N3OS/c1-3-4-5-13(12)8-7(2)9-6-10-11-8/h1,6H,4-5H2,2H3. The van der Waals surface area contributed by atoms with E-state index in [2.05, 4.69) is 21.1 Å². The monoisotopic (exact) mass is 195 g/mol. The molecule has 0 radical (unpaired) electrons. The Kier molecular flexibility index (Phi) is 3.53. The van der Waals surface area contributed by atoms with Crippen LogP contribution in [-0.2, 0) is 10.8 Å². The maximum atomic E-state index is 11.5. The minimum Gasteiger partial charge on any atom is -0.253 e. The zero-order chi connectivity index (χ0) is 9.68. The highest BCUT2D eigenvalue weighted by Gasteiger charge is 2.08. The van der Waals surface area contributed by atoms with Gasteiger partial charge in [-0.25, -0.2) is 4.98 Å². The smallest absolute Gasteiger partial charge is 0.171 e. The Labute approximate surface area is 79.3 Å². The fourth-order valence-corrected chi connectivity index (χ4v) is 1.79. The Bertz CT molecular complexity index is 359. The lowest BCUT2D eigenvalue weighted by Crippen LogP contribution is -2.05. The van der Waals surface area contributed by atoms with Gasteiger partial charge in [0.15, 0.2) is 5.03 Å². The molecule has 13 heavy (non-hydrogen) atoms. The molecule has 5 heteroatoms. The largest absolute Gasteiger partial charge is 0.253 e. The number of nitrogens with zero attached hydrogens (tertiary/aromatic N) is 3. The molecule has 0 aromatic carbocycles. The summed E-state index contributed by atoms with van der Waals surface area (Å²) in [7, 11) is -1.17. The van der Waals surface area contributed by atoms with E-state index in [-0.39, 0.29) is 0 Å². The Morgan fingerprint density at radius 3 is 3.08 bits per heavy atom. The van der Waals surface area contributed by atoms with E-state index in [0.717, 1.165) is 0 Å². The third-order valence-corrected chi connectivity index (χ3v) is 2.79. The molecule has 0 amide bonds. The minimum atomic E-state index is -1.17. The van der Waals surface area contributed by atoms with Crippen molar-refractivity contribution in [3.63, 3.8) is 0 Å². The summed E-state index contributed by atoms with van der Waals surface area (Å²) in [6, 6.07) is 0. The van der Waals surface area contributed by atoms with Crippen LogP contribution in [0.25, 0.3) is 0 Å². The van der Waals surface area contributed by atoms with Crippen molar-refractivity contribution in [1.82, 2.24) is 15.2 Å². The van der Waals surface area contributed by atoms with Crippen LogP contribution < -0.4 is 0 Å². The number of aromatic nitrogens is 3. The van der Waals surface area contributed by atoms with Crippen molar-refractivity contribution < 1.29 is 4.21 Å². The summed E-state index contributed by atoms with van der Waals surface area (Å²) in [6.45, 7) is 1.75. The quantitative estimate of drug-likeness (QED) is 0.651. The van der Waals surface area contributed by atoms with Crippen LogP contribution in [0.15, 0.2) is 11.4 Å². The Balaban J connectivity index is 2.78. The molecule has 1 heterocycles. The van der Waals surface area contributed by atoms with Crippen molar-refractivity contribution in [2.45, 2.75) is 18.4 Å². The Morgan fingerprint density at radius 2 is 2.46 bits per heavy atom. The third-order valence-electron chi connectivity index (χ3n) is 1.41. The lowest BCUT2D eigenvalue weighted by atomic mass is 10.5. The number of hydrogen-bond donors (Lipinski definition) is 0. The van der Waals surface area contributed by atoms with E-state index in [0.29, 0.717) is 22.9 Å². The first-order chi connectivity index (χ1) is 6.25. The van der Waals surface area contributed by atoms with Gasteiger partial charge in [0.1, 0.15) is 6.33 Å². The van der Waals surface area contributed by atoms with Gasteiger partial charge in [0.2, 0.25) is 0 Å². The summed E-state index contributed by atoms with van der Waals surface area (Å²) in [4.78, 5) is 3.89. The molecule has 0 fully saturated rings. The maximum absolute atomic E-state index is 11.5. The molecule has 0 saturated carbocycles. The molecule has 0 bridgehead atoms. The second-order valence-corrected chi connectivity index (χ2v) is 3.84. The maximum Gasteiger partial charge on any atom is 0.171 e. The average molecular weight is 195 g/mol. The van der Waals surface area contributed by atoms with Crippen LogP contribution in [0.3, 0.4) is 0 Å². The third kappa shape index (κ3) is 2.60. The van der Waals surface area contributed by atoms with Crippen molar-refractivity contribution >= 4 is 10.8 Å². The van der Waals surface area contributed by atoms with E-state index in [1.807, 2.05) is 0 Å². The summed E-state index contributed by atoms with van der Waals surface area (Å²) < 4.78 is 11.5. The Hall–Kier alpha value is -1.28. The fourth-order valence-electron chi connectivity index (χ4n) is 0.777. The SMILES string of the molecule is C#CCCS(=O)c1nncnc1C. The normalized spacial score (nSPS) is 12.0. The van der Waals surface area contributed by atoms with Crippen molar-refractivity contribution in [3.05, 3.63) is 12.0 Å². The molecule has 0 aliphatic rings. The van der Waals surface area contributed by atoms with Crippen LogP contribution in [0.5, 0.6) is 0 Å². The first-order valence-electron chi connectivity index (χ1n) is 3.72. The van der Waals surface area contributed by atoms with E-state index in [1.54, 1.807) is 6.92 Å². The van der Waals surface area contributed by atoms with Crippen LogP contribution in [0.1, 0.15) is 12.1 Å². The van der Waals surface area contributed by atoms with Gasteiger partial charge in [0.25, 0.3) is 0 Å². The second-order valence-electron chi connectivity index (χ2n) is 2.35. The van der Waals surface area contributed by atoms with Crippen LogP contribution in [0, 0.1) is 19.3 Å². The molecule has 68 valence electrons. The van der Waals surface area contributed by atoms with Crippen molar-refractivity contribution in [2.24, 2.45) is 0 Å². The first-order valence-corrected chi connectivity index (χ1v) is 5.03. The van der Waals surface area contributed by atoms with E-state index < -0.39 is 10.8 Å². The molecular weight excluding hydrogens is 186 g/mol. The molecule has 4 nitrogen and oxygen atoms in total. The van der Waals surface area contributed by atoms with Crippen LogP contribution in [-0.4, -0.2) is 25.1 Å². The molecule has 1 aromatic rings. The summed E-state index contributed by atoms with van der Waals surface area (Å²) >= 11 is 0. The number of terminal acetylenes is 1. The topological polar surface area (TPSA) is 55.7 Å². The lowest BCUT2D eigenvalue weighted by Gasteiger charge is -1.99. The molecule has 1 rings (SSSR count). The molecule has 0 N–H and O–H groups in total. The summed E-state index contributed by atoms with van der Waals surface area (Å²) in [5.74, 6) is 2.84. The highest BCUT2D eigenvalue weighted by atomic mass is 32.2. The van der Waals surface area contributed by atoms with Crippen LogP contribution >= 0.6 is 0 Å². The van der Waals surface area contributed by atoms with Crippen LogP contribution in [0.4, 0.5) is 0 Å². The van der Waals surface area contributed by atoms with E-state index in [4.69, 9.17) is 6.42 Å². The highest BCUT2D eigenvalue weighted by molar-refractivity contribution is 7.85. The van der Waals surface area contributed by atoms with Crippen molar-refractivity contribution in [2.75, 3.05) is 5.75 Å².